The summed E-state index contributed by atoms with van der Waals surface area (Å²) in [5, 5.41) is 20.8. The van der Waals surface area contributed by atoms with Gasteiger partial charge in [0.2, 0.25) is 0 Å². The van der Waals surface area contributed by atoms with Crippen LogP contribution in [0, 0.1) is 0 Å². The Morgan fingerprint density at radius 1 is 1.39 bits per heavy atom. The minimum Gasteiger partial charge on any atom is -0.397 e. The van der Waals surface area contributed by atoms with Crippen LogP contribution in [0.1, 0.15) is 6.42 Å². The van der Waals surface area contributed by atoms with Gasteiger partial charge in [-0.15, -0.1) is 0 Å². The maximum atomic E-state index is 10.2. The van der Waals surface area contributed by atoms with Crippen LogP contribution >= 0.6 is 0 Å². The molecule has 1 aliphatic heterocycles. The third kappa shape index (κ3) is 1.87. The maximum Gasteiger partial charge on any atom is 0.160 e. The lowest BCUT2D eigenvalue weighted by atomic mass is 10.0. The van der Waals surface area contributed by atoms with Crippen LogP contribution in [0.5, 0.6) is 0 Å². The van der Waals surface area contributed by atoms with Crippen LogP contribution in [0.2, 0.25) is 0 Å². The van der Waals surface area contributed by atoms with E-state index in [1.165, 1.54) is 0 Å². The number of aliphatic hydroxyl groups is 1. The van der Waals surface area contributed by atoms with Gasteiger partial charge in [-0.2, -0.15) is 0 Å². The van der Waals surface area contributed by atoms with Crippen LogP contribution in [-0.4, -0.2) is 40.8 Å². The minimum atomic E-state index is -0.828. The monoisotopic (exact) mass is 250 g/mol. The highest BCUT2D eigenvalue weighted by Crippen LogP contribution is 2.26. The molecular formula is C11H14N4O3. The van der Waals surface area contributed by atoms with Crippen molar-refractivity contribution in [2.24, 2.45) is 0 Å². The number of benzene rings is 1. The van der Waals surface area contributed by atoms with Gasteiger partial charge in [0.05, 0.1) is 18.0 Å². The molecule has 7 nitrogen and oxygen atoms in total. The van der Waals surface area contributed by atoms with Gasteiger partial charge in [0, 0.05) is 19.6 Å². The third-order valence-corrected chi connectivity index (χ3v) is 3.14. The second-order valence-electron chi connectivity index (χ2n) is 4.54. The summed E-state index contributed by atoms with van der Waals surface area (Å²) in [4.78, 5) is 0. The molecule has 0 saturated carbocycles. The largest absolute Gasteiger partial charge is 0.397 e. The number of rotatable bonds is 3. The van der Waals surface area contributed by atoms with E-state index in [4.69, 9.17) is 10.5 Å². The summed E-state index contributed by atoms with van der Waals surface area (Å²) in [5.74, 6) is 0. The van der Waals surface area contributed by atoms with Crippen molar-refractivity contribution in [1.82, 2.24) is 10.3 Å². The second-order valence-corrected chi connectivity index (χ2v) is 4.54. The van der Waals surface area contributed by atoms with E-state index >= 15 is 0 Å². The predicted octanol–water partition coefficient (Wildman–Crippen LogP) is 0.368. The molecule has 18 heavy (non-hydrogen) atoms. The van der Waals surface area contributed by atoms with Gasteiger partial charge in [-0.05, 0) is 22.4 Å². The van der Waals surface area contributed by atoms with Gasteiger partial charge in [0.25, 0.3) is 0 Å². The van der Waals surface area contributed by atoms with Gasteiger partial charge >= 0.3 is 0 Å². The Labute approximate surface area is 103 Å². The van der Waals surface area contributed by atoms with Gasteiger partial charge in [-0.1, -0.05) is 0 Å². The van der Waals surface area contributed by atoms with Crippen molar-refractivity contribution in [3.8, 4) is 0 Å². The van der Waals surface area contributed by atoms with E-state index in [1.807, 2.05) is 0 Å². The zero-order valence-electron chi connectivity index (χ0n) is 9.72. The molecule has 1 fully saturated rings. The van der Waals surface area contributed by atoms with Crippen molar-refractivity contribution in [2.75, 3.05) is 30.8 Å². The molecular weight excluding hydrogens is 236 g/mol. The molecule has 1 aromatic carbocycles. The number of hydrogen-bond acceptors (Lipinski definition) is 7. The Bertz CT molecular complexity index is 562. The predicted molar refractivity (Wildman–Crippen MR) is 65.1 cm³/mol. The number of anilines is 2. The highest BCUT2D eigenvalue weighted by Gasteiger charge is 2.32. The third-order valence-electron chi connectivity index (χ3n) is 3.14. The molecule has 7 heteroatoms. The second kappa shape index (κ2) is 4.11. The zero-order chi connectivity index (χ0) is 12.6. The highest BCUT2D eigenvalue weighted by atomic mass is 16.6. The van der Waals surface area contributed by atoms with Crippen molar-refractivity contribution in [3.05, 3.63) is 12.1 Å². The van der Waals surface area contributed by atoms with Crippen LogP contribution < -0.4 is 11.1 Å². The van der Waals surface area contributed by atoms with Crippen molar-refractivity contribution >= 4 is 22.4 Å². The van der Waals surface area contributed by atoms with Crippen molar-refractivity contribution in [1.29, 1.82) is 0 Å². The molecule has 0 radical (unpaired) electrons. The molecule has 1 aromatic heterocycles. The van der Waals surface area contributed by atoms with E-state index < -0.39 is 5.60 Å². The van der Waals surface area contributed by atoms with Crippen molar-refractivity contribution in [2.45, 2.75) is 12.0 Å². The normalized spacial score (nSPS) is 23.6. The molecule has 0 spiro atoms. The standard InChI is InChI=1S/C11H14N4O3/c12-7-1-2-8(10-9(7)14-18-15-10)13-5-11(16)3-4-17-6-11/h1-2,13,16H,3-6,12H2. The number of nitrogens with zero attached hydrogens (tertiary/aromatic N) is 2. The Balaban J connectivity index is 1.82. The van der Waals surface area contributed by atoms with E-state index in [0.29, 0.717) is 42.9 Å². The number of nitrogens with one attached hydrogen (secondary N) is 1. The molecule has 0 aliphatic carbocycles. The number of nitrogen functional groups attached to an aromatic ring is 1. The number of aromatic nitrogens is 2. The Hall–Kier alpha value is -1.86. The molecule has 2 heterocycles. The van der Waals surface area contributed by atoms with Crippen molar-refractivity contribution in [3.63, 3.8) is 0 Å². The number of fused-ring (bicyclic) bond motifs is 1. The van der Waals surface area contributed by atoms with E-state index in [1.54, 1.807) is 12.1 Å². The summed E-state index contributed by atoms with van der Waals surface area (Å²) in [6, 6.07) is 3.52. The highest BCUT2D eigenvalue weighted by molar-refractivity contribution is 5.94. The van der Waals surface area contributed by atoms with Gasteiger partial charge < -0.3 is 20.9 Å². The first kappa shape index (κ1) is 11.2. The van der Waals surface area contributed by atoms with E-state index in [2.05, 4.69) is 20.3 Å². The van der Waals surface area contributed by atoms with Crippen LogP contribution in [0.4, 0.5) is 11.4 Å². The quantitative estimate of drug-likeness (QED) is 0.675. The first-order chi connectivity index (χ1) is 8.68. The van der Waals surface area contributed by atoms with Crippen LogP contribution in [-0.2, 0) is 4.74 Å². The lowest BCUT2D eigenvalue weighted by Gasteiger charge is -2.21. The molecule has 1 unspecified atom stereocenters. The van der Waals surface area contributed by atoms with Gasteiger partial charge in [-0.3, -0.25) is 0 Å². The zero-order valence-corrected chi connectivity index (χ0v) is 9.72. The van der Waals surface area contributed by atoms with Gasteiger partial charge in [-0.25, -0.2) is 4.63 Å². The average Bonchev–Trinajstić information content (AvgIpc) is 2.98. The lowest BCUT2D eigenvalue weighted by molar-refractivity contribution is 0.0382. The van der Waals surface area contributed by atoms with Crippen LogP contribution in [0.15, 0.2) is 16.8 Å². The first-order valence-electron chi connectivity index (χ1n) is 5.73. The fourth-order valence-corrected chi connectivity index (χ4v) is 2.02. The smallest absolute Gasteiger partial charge is 0.160 e. The maximum absolute atomic E-state index is 10.2. The molecule has 4 N–H and O–H groups in total. The molecule has 1 aliphatic rings. The Morgan fingerprint density at radius 3 is 3.00 bits per heavy atom. The fraction of sp³-hybridized carbons (Fsp3) is 0.455. The van der Waals surface area contributed by atoms with Crippen LogP contribution in [0.25, 0.3) is 11.0 Å². The molecule has 0 bridgehead atoms. The minimum absolute atomic E-state index is 0.342. The summed E-state index contributed by atoms with van der Waals surface area (Å²) < 4.78 is 9.86. The molecule has 1 atom stereocenters. The summed E-state index contributed by atoms with van der Waals surface area (Å²) in [6.07, 6.45) is 0.620. The van der Waals surface area contributed by atoms with Crippen molar-refractivity contribution < 1.29 is 14.5 Å². The van der Waals surface area contributed by atoms with Gasteiger partial charge in [0.15, 0.2) is 11.0 Å². The van der Waals surface area contributed by atoms with E-state index in [-0.39, 0.29) is 0 Å². The van der Waals surface area contributed by atoms with E-state index in [0.717, 1.165) is 5.69 Å². The van der Waals surface area contributed by atoms with Gasteiger partial charge in [0.1, 0.15) is 5.60 Å². The topological polar surface area (TPSA) is 106 Å². The molecule has 96 valence electrons. The lowest BCUT2D eigenvalue weighted by Crippen LogP contribution is -2.37. The Kier molecular flexibility index (Phi) is 2.57. The molecule has 0 amide bonds. The number of nitrogens with two attached hydrogens (primary N) is 1. The summed E-state index contributed by atoms with van der Waals surface area (Å²) in [7, 11) is 0. The average molecular weight is 250 g/mol. The fourth-order valence-electron chi connectivity index (χ4n) is 2.02. The number of hydrogen-bond donors (Lipinski definition) is 3. The summed E-state index contributed by atoms with van der Waals surface area (Å²) in [6.45, 7) is 1.31. The van der Waals surface area contributed by atoms with Crippen LogP contribution in [0.3, 0.4) is 0 Å². The number of ether oxygens (including phenoxy) is 1. The molecule has 1 saturated heterocycles. The first-order valence-corrected chi connectivity index (χ1v) is 5.73. The molecule has 2 aromatic rings. The SMILES string of the molecule is Nc1ccc(NCC2(O)CCOC2)c2nonc12. The van der Waals surface area contributed by atoms with E-state index in [9.17, 15) is 5.11 Å². The summed E-state index contributed by atoms with van der Waals surface area (Å²) in [5.41, 5.74) is 7.27. The Morgan fingerprint density at radius 2 is 2.22 bits per heavy atom. The summed E-state index contributed by atoms with van der Waals surface area (Å²) >= 11 is 0. The molecule has 3 rings (SSSR count).